The van der Waals surface area contributed by atoms with E-state index in [9.17, 15) is 0 Å². The lowest BCUT2D eigenvalue weighted by molar-refractivity contribution is 0.354. The molecule has 0 heteroatoms. The molecule has 0 amide bonds. The van der Waals surface area contributed by atoms with Crippen molar-refractivity contribution < 1.29 is 0 Å². The van der Waals surface area contributed by atoms with E-state index in [4.69, 9.17) is 0 Å². The first kappa shape index (κ1) is 34.6. The fourth-order valence-electron chi connectivity index (χ4n) is 6.47. The van der Waals surface area contributed by atoms with Gasteiger partial charge in [-0.05, 0) is 135 Å². The summed E-state index contributed by atoms with van der Waals surface area (Å²) in [5.41, 5.74) is 9.96. The second-order valence-electron chi connectivity index (χ2n) is 14.5. The van der Waals surface area contributed by atoms with E-state index in [1.807, 2.05) is 0 Å². The Morgan fingerprint density at radius 2 is 1.43 bits per heavy atom. The monoisotopic (exact) mass is 547 g/mol. The minimum Gasteiger partial charge on any atom is -0.0856 e. The summed E-state index contributed by atoms with van der Waals surface area (Å²) in [6.45, 7) is 18.9. The molecule has 1 fully saturated rings. The predicted octanol–water partition coefficient (Wildman–Crippen LogP) is 13.6. The predicted molar refractivity (Wildman–Crippen MR) is 182 cm³/mol. The molecule has 0 N–H and O–H groups in total. The van der Waals surface area contributed by atoms with Crippen LogP contribution in [0.3, 0.4) is 0 Å². The average Bonchev–Trinajstić information content (AvgIpc) is 3.70. The van der Waals surface area contributed by atoms with Crippen LogP contribution >= 0.6 is 0 Å². The zero-order valence-corrected chi connectivity index (χ0v) is 28.1. The standard InChI is InChI=1S/C40H66/c1-32(18-11-20-34(3)21-12-22-35(4)24-14-26-38-28-29-38)16-9-10-17-33(2)19-13-23-36(5)27-30-39-37(6)25-15-31-40(39,7)8/h9-10,16-17,22-23,34,38H,11-15,18-21,24-31H2,1-8H3/b10-9+,32-16+,33-17+,35-22-,36-23+. The molecule has 0 radical (unpaired) electrons. The van der Waals surface area contributed by atoms with Gasteiger partial charge in [-0.25, -0.2) is 0 Å². The number of rotatable bonds is 19. The molecule has 0 aromatic rings. The molecule has 1 saturated carbocycles. The van der Waals surface area contributed by atoms with Crippen LogP contribution in [0.15, 0.2) is 69.9 Å². The molecule has 40 heavy (non-hydrogen) atoms. The summed E-state index contributed by atoms with van der Waals surface area (Å²) < 4.78 is 0. The average molecular weight is 547 g/mol. The van der Waals surface area contributed by atoms with Crippen molar-refractivity contribution in [2.24, 2.45) is 17.3 Å². The van der Waals surface area contributed by atoms with E-state index in [0.29, 0.717) is 5.41 Å². The third kappa shape index (κ3) is 15.4. The van der Waals surface area contributed by atoms with Crippen molar-refractivity contribution in [2.75, 3.05) is 0 Å². The van der Waals surface area contributed by atoms with Gasteiger partial charge in [-0.3, -0.25) is 0 Å². The van der Waals surface area contributed by atoms with Crippen molar-refractivity contribution in [2.45, 2.75) is 165 Å². The minimum atomic E-state index is 0.407. The molecule has 2 aliphatic rings. The van der Waals surface area contributed by atoms with Crippen molar-refractivity contribution in [1.29, 1.82) is 0 Å². The van der Waals surface area contributed by atoms with Crippen molar-refractivity contribution in [3.63, 3.8) is 0 Å². The Bertz CT molecular complexity index is 921. The Morgan fingerprint density at radius 3 is 2.10 bits per heavy atom. The van der Waals surface area contributed by atoms with Crippen LogP contribution in [0.5, 0.6) is 0 Å². The van der Waals surface area contributed by atoms with E-state index >= 15 is 0 Å². The van der Waals surface area contributed by atoms with Gasteiger partial charge in [0, 0.05) is 0 Å². The molecule has 2 rings (SSSR count). The molecule has 0 aromatic heterocycles. The molecule has 0 saturated heterocycles. The summed E-state index contributed by atoms with van der Waals surface area (Å²) in [4.78, 5) is 0. The molecule has 2 aliphatic carbocycles. The second-order valence-corrected chi connectivity index (χ2v) is 14.5. The lowest BCUT2D eigenvalue weighted by Gasteiger charge is -2.35. The van der Waals surface area contributed by atoms with Crippen LogP contribution in [-0.4, -0.2) is 0 Å². The molecule has 1 atom stereocenters. The van der Waals surface area contributed by atoms with Crippen LogP contribution in [0.4, 0.5) is 0 Å². The maximum Gasteiger partial charge on any atom is -0.0142 e. The molecule has 0 aromatic carbocycles. The third-order valence-electron chi connectivity index (χ3n) is 9.66. The van der Waals surface area contributed by atoms with E-state index in [-0.39, 0.29) is 0 Å². The maximum atomic E-state index is 2.52. The molecular weight excluding hydrogens is 480 g/mol. The Balaban J connectivity index is 1.57. The van der Waals surface area contributed by atoms with Gasteiger partial charge in [-0.15, -0.1) is 0 Å². The second kappa shape index (κ2) is 18.8. The minimum absolute atomic E-state index is 0.407. The van der Waals surface area contributed by atoms with E-state index in [1.165, 1.54) is 107 Å². The molecule has 0 aliphatic heterocycles. The van der Waals surface area contributed by atoms with Crippen LogP contribution in [0.1, 0.15) is 165 Å². The lowest BCUT2D eigenvalue weighted by atomic mass is 9.71. The van der Waals surface area contributed by atoms with Crippen LogP contribution in [0.25, 0.3) is 0 Å². The molecule has 226 valence electrons. The smallest absolute Gasteiger partial charge is 0.0142 e. The Morgan fingerprint density at radius 1 is 0.800 bits per heavy atom. The first-order valence-corrected chi connectivity index (χ1v) is 17.1. The van der Waals surface area contributed by atoms with Crippen LogP contribution in [0.2, 0.25) is 0 Å². The van der Waals surface area contributed by atoms with Gasteiger partial charge in [-0.2, -0.15) is 0 Å². The van der Waals surface area contributed by atoms with E-state index in [1.54, 1.807) is 22.3 Å². The van der Waals surface area contributed by atoms with Crippen molar-refractivity contribution in [1.82, 2.24) is 0 Å². The van der Waals surface area contributed by atoms with Gasteiger partial charge < -0.3 is 0 Å². The Labute approximate surface area is 251 Å². The number of hydrogen-bond donors (Lipinski definition) is 0. The molecule has 0 nitrogen and oxygen atoms in total. The van der Waals surface area contributed by atoms with Gasteiger partial charge in [0.05, 0.1) is 0 Å². The lowest BCUT2D eigenvalue weighted by Crippen LogP contribution is -2.20. The van der Waals surface area contributed by atoms with Crippen molar-refractivity contribution in [3.8, 4) is 0 Å². The van der Waals surface area contributed by atoms with E-state index in [2.05, 4.69) is 91.8 Å². The van der Waals surface area contributed by atoms with Crippen LogP contribution in [-0.2, 0) is 0 Å². The molecular formula is C40H66. The summed E-state index contributed by atoms with van der Waals surface area (Å²) in [6.07, 6.45) is 36.6. The van der Waals surface area contributed by atoms with Crippen molar-refractivity contribution in [3.05, 3.63) is 69.9 Å². The topological polar surface area (TPSA) is 0 Å². The largest absolute Gasteiger partial charge is 0.0856 e. The summed E-state index contributed by atoms with van der Waals surface area (Å²) in [6, 6.07) is 0. The highest BCUT2D eigenvalue weighted by atomic mass is 14.3. The number of allylic oxidation sites excluding steroid dienone is 12. The summed E-state index contributed by atoms with van der Waals surface area (Å²) in [5, 5.41) is 0. The van der Waals surface area contributed by atoms with Crippen LogP contribution in [0, 0.1) is 17.3 Å². The summed E-state index contributed by atoms with van der Waals surface area (Å²) in [7, 11) is 0. The van der Waals surface area contributed by atoms with Gasteiger partial charge in [-0.1, -0.05) is 116 Å². The van der Waals surface area contributed by atoms with Gasteiger partial charge in [0.2, 0.25) is 0 Å². The Kier molecular flexibility index (Phi) is 16.3. The third-order valence-corrected chi connectivity index (χ3v) is 9.66. The zero-order chi connectivity index (χ0) is 29.4. The highest BCUT2D eigenvalue weighted by molar-refractivity contribution is 5.24. The quantitative estimate of drug-likeness (QED) is 0.112. The van der Waals surface area contributed by atoms with Crippen LogP contribution < -0.4 is 0 Å². The fraction of sp³-hybridized carbons (Fsp3) is 0.700. The first-order valence-electron chi connectivity index (χ1n) is 17.1. The molecule has 1 unspecified atom stereocenters. The SMILES string of the molecule is CC1=C(CC/C(C)=C/CC/C(C)=C/C=C/C=C(\C)CCCC(C)CC/C=C(/C)CCCC2CC2)C(C)(C)CCC1. The maximum absolute atomic E-state index is 2.52. The van der Waals surface area contributed by atoms with Gasteiger partial charge in [0.15, 0.2) is 0 Å². The van der Waals surface area contributed by atoms with Crippen molar-refractivity contribution >= 4 is 0 Å². The van der Waals surface area contributed by atoms with E-state index < -0.39 is 0 Å². The summed E-state index contributed by atoms with van der Waals surface area (Å²) >= 11 is 0. The normalized spacial score (nSPS) is 20.1. The zero-order valence-electron chi connectivity index (χ0n) is 28.1. The molecule has 0 spiro atoms. The number of hydrogen-bond acceptors (Lipinski definition) is 0. The first-order chi connectivity index (χ1) is 19.1. The van der Waals surface area contributed by atoms with Gasteiger partial charge >= 0.3 is 0 Å². The van der Waals surface area contributed by atoms with Gasteiger partial charge in [0.25, 0.3) is 0 Å². The molecule has 0 heterocycles. The van der Waals surface area contributed by atoms with Gasteiger partial charge in [0.1, 0.15) is 0 Å². The highest BCUT2D eigenvalue weighted by Crippen LogP contribution is 2.42. The Hall–Kier alpha value is -1.56. The van der Waals surface area contributed by atoms with E-state index in [0.717, 1.165) is 24.7 Å². The molecule has 0 bridgehead atoms. The fourth-order valence-corrected chi connectivity index (χ4v) is 6.47. The summed E-state index contributed by atoms with van der Waals surface area (Å²) in [5.74, 6) is 1.92. The highest BCUT2D eigenvalue weighted by Gasteiger charge is 2.27.